The maximum absolute atomic E-state index is 15.6. The molecule has 0 aliphatic carbocycles. The van der Waals surface area contributed by atoms with E-state index in [1.54, 1.807) is 11.4 Å². The standard InChI is InChI=1S/C26H41FN6O2.C4H8.C2H6/c1-5-17(2)8-6-10-20(28-4)22-15-33-25(30-22)31-23(19-16-35-13-11-26(19,3)27)21(32-33)14-18-9-7-12-29-24(18)34;1-3-4-2;1-2/h15,17-20,28H,5-14,16H2,1-4H3,(H,29,34);3H,1,4H2,2H3;1-2H3. The van der Waals surface area contributed by atoms with E-state index in [1.807, 2.05) is 33.2 Å². The van der Waals surface area contributed by atoms with E-state index in [9.17, 15) is 4.79 Å². The summed E-state index contributed by atoms with van der Waals surface area (Å²) in [6.45, 7) is 17.0. The molecule has 0 saturated carbocycles. The Bertz CT molecular complexity index is 1070. The summed E-state index contributed by atoms with van der Waals surface area (Å²) in [4.78, 5) is 22.1. The van der Waals surface area contributed by atoms with E-state index in [0.29, 0.717) is 49.1 Å². The van der Waals surface area contributed by atoms with Crippen LogP contribution in [0.5, 0.6) is 0 Å². The van der Waals surface area contributed by atoms with E-state index in [4.69, 9.17) is 19.8 Å². The molecule has 0 aromatic carbocycles. The van der Waals surface area contributed by atoms with Crippen molar-refractivity contribution in [2.75, 3.05) is 26.8 Å². The van der Waals surface area contributed by atoms with Gasteiger partial charge in [0.25, 0.3) is 5.78 Å². The highest BCUT2D eigenvalue weighted by Crippen LogP contribution is 2.39. The van der Waals surface area contributed by atoms with Gasteiger partial charge in [0.15, 0.2) is 0 Å². The third-order valence-corrected chi connectivity index (χ3v) is 8.23. The number of imidazole rings is 1. The quantitative estimate of drug-likeness (QED) is 0.297. The average Bonchev–Trinajstić information content (AvgIpc) is 3.39. The molecule has 4 heterocycles. The average molecular weight is 575 g/mol. The number of nitrogens with zero attached hydrogens (tertiary/aromatic N) is 4. The fourth-order valence-corrected chi connectivity index (χ4v) is 5.24. The van der Waals surface area contributed by atoms with Gasteiger partial charge < -0.3 is 15.4 Å². The van der Waals surface area contributed by atoms with Crippen molar-refractivity contribution < 1.29 is 13.9 Å². The highest BCUT2D eigenvalue weighted by Gasteiger charge is 2.42. The number of piperidine rings is 1. The molecule has 5 atom stereocenters. The van der Waals surface area contributed by atoms with Crippen LogP contribution in [0.2, 0.25) is 0 Å². The molecule has 41 heavy (non-hydrogen) atoms. The molecule has 2 fully saturated rings. The van der Waals surface area contributed by atoms with Crippen LogP contribution in [-0.2, 0) is 16.0 Å². The number of ether oxygens (including phenoxy) is 1. The Kier molecular flexibility index (Phi) is 14.9. The van der Waals surface area contributed by atoms with E-state index in [-0.39, 0.29) is 24.5 Å². The number of alkyl halides is 1. The van der Waals surface area contributed by atoms with Gasteiger partial charge >= 0.3 is 0 Å². The summed E-state index contributed by atoms with van der Waals surface area (Å²) >= 11 is 0. The molecule has 9 heteroatoms. The van der Waals surface area contributed by atoms with Crippen LogP contribution < -0.4 is 10.6 Å². The number of nitrogens with one attached hydrogen (secondary N) is 2. The summed E-state index contributed by atoms with van der Waals surface area (Å²) in [7, 11) is 1.95. The van der Waals surface area contributed by atoms with Gasteiger partial charge in [-0.2, -0.15) is 5.10 Å². The molecule has 2 aromatic rings. The lowest BCUT2D eigenvalue weighted by molar-refractivity contribution is -0.126. The van der Waals surface area contributed by atoms with Crippen LogP contribution >= 0.6 is 0 Å². The fourth-order valence-electron chi connectivity index (χ4n) is 5.24. The van der Waals surface area contributed by atoms with Gasteiger partial charge in [-0.1, -0.05) is 60.0 Å². The van der Waals surface area contributed by atoms with E-state index in [2.05, 4.69) is 38.0 Å². The predicted octanol–water partition coefficient (Wildman–Crippen LogP) is 6.51. The first kappa shape index (κ1) is 34.8. The van der Waals surface area contributed by atoms with Crippen LogP contribution in [0.3, 0.4) is 0 Å². The number of allylic oxidation sites excluding steroid dienone is 1. The second-order valence-electron chi connectivity index (χ2n) is 11.3. The minimum absolute atomic E-state index is 0.0369. The molecular weight excluding hydrogens is 519 g/mol. The van der Waals surface area contributed by atoms with Crippen molar-refractivity contribution in [1.29, 1.82) is 0 Å². The summed E-state index contributed by atoms with van der Waals surface area (Å²) in [6, 6.07) is 0.100. The van der Waals surface area contributed by atoms with Gasteiger partial charge in [0.1, 0.15) is 5.67 Å². The van der Waals surface area contributed by atoms with Crippen LogP contribution in [0.4, 0.5) is 4.39 Å². The molecule has 0 spiro atoms. The second-order valence-corrected chi connectivity index (χ2v) is 11.3. The molecule has 0 radical (unpaired) electrons. The first-order valence-electron chi connectivity index (χ1n) is 15.8. The van der Waals surface area contributed by atoms with Crippen molar-refractivity contribution in [3.8, 4) is 0 Å². The first-order valence-corrected chi connectivity index (χ1v) is 15.8. The van der Waals surface area contributed by atoms with Gasteiger partial charge in [0.05, 0.1) is 41.8 Å². The third kappa shape index (κ3) is 9.84. The van der Waals surface area contributed by atoms with E-state index >= 15 is 4.39 Å². The predicted molar refractivity (Wildman–Crippen MR) is 165 cm³/mol. The highest BCUT2D eigenvalue weighted by molar-refractivity contribution is 5.79. The minimum atomic E-state index is -1.45. The van der Waals surface area contributed by atoms with Gasteiger partial charge in [-0.15, -0.1) is 6.58 Å². The van der Waals surface area contributed by atoms with Crippen molar-refractivity contribution in [1.82, 2.24) is 30.2 Å². The summed E-state index contributed by atoms with van der Waals surface area (Å²) in [5.41, 5.74) is 0.683. The molecular formula is C32H55FN6O2. The third-order valence-electron chi connectivity index (χ3n) is 8.23. The van der Waals surface area contributed by atoms with Gasteiger partial charge in [0.2, 0.25) is 5.91 Å². The van der Waals surface area contributed by atoms with E-state index in [0.717, 1.165) is 37.8 Å². The van der Waals surface area contributed by atoms with E-state index in [1.165, 1.54) is 12.8 Å². The van der Waals surface area contributed by atoms with Crippen LogP contribution in [0.25, 0.3) is 5.78 Å². The number of hydrogen-bond donors (Lipinski definition) is 2. The lowest BCUT2D eigenvalue weighted by Crippen LogP contribution is -2.40. The van der Waals surface area contributed by atoms with Gasteiger partial charge in [-0.25, -0.2) is 18.9 Å². The zero-order valence-corrected chi connectivity index (χ0v) is 26.6. The Morgan fingerprint density at radius 3 is 2.66 bits per heavy atom. The molecule has 4 rings (SSSR count). The number of halogens is 1. The number of carbonyl (C=O) groups is 1. The van der Waals surface area contributed by atoms with Crippen molar-refractivity contribution in [2.24, 2.45) is 11.8 Å². The molecule has 8 nitrogen and oxygen atoms in total. The topological polar surface area (TPSA) is 93.4 Å². The van der Waals surface area contributed by atoms with E-state index < -0.39 is 11.6 Å². The van der Waals surface area contributed by atoms with Gasteiger partial charge in [-0.3, -0.25) is 4.79 Å². The molecule has 232 valence electrons. The molecule has 5 unspecified atom stereocenters. The first-order chi connectivity index (χ1) is 19.7. The molecule has 2 aliphatic rings. The Morgan fingerprint density at radius 2 is 2.05 bits per heavy atom. The van der Waals surface area contributed by atoms with Crippen molar-refractivity contribution in [3.63, 3.8) is 0 Å². The Morgan fingerprint density at radius 1 is 1.32 bits per heavy atom. The zero-order valence-electron chi connectivity index (χ0n) is 26.6. The number of hydrogen-bond acceptors (Lipinski definition) is 6. The summed E-state index contributed by atoms with van der Waals surface area (Å²) in [5, 5.41) is 11.2. The number of amides is 1. The summed E-state index contributed by atoms with van der Waals surface area (Å²) in [6.07, 6.45) is 11.8. The second kappa shape index (κ2) is 17.5. The van der Waals surface area contributed by atoms with Gasteiger partial charge in [0, 0.05) is 31.9 Å². The summed E-state index contributed by atoms with van der Waals surface area (Å²) in [5.74, 6) is 0.501. The Balaban J connectivity index is 0.000000902. The maximum atomic E-state index is 15.6. The molecule has 1 amide bonds. The highest BCUT2D eigenvalue weighted by atomic mass is 19.1. The zero-order chi connectivity index (χ0) is 30.4. The molecule has 2 aromatic heterocycles. The monoisotopic (exact) mass is 574 g/mol. The number of rotatable bonds is 11. The largest absolute Gasteiger partial charge is 0.381 e. The number of carbonyl (C=O) groups excluding carboxylic acids is 1. The number of aromatic nitrogens is 4. The minimum Gasteiger partial charge on any atom is -0.381 e. The molecule has 0 bridgehead atoms. The van der Waals surface area contributed by atoms with Crippen LogP contribution in [-0.4, -0.2) is 58.0 Å². The van der Waals surface area contributed by atoms with Crippen LogP contribution in [0, 0.1) is 11.8 Å². The smallest absolute Gasteiger partial charge is 0.251 e. The Labute approximate surface area is 247 Å². The molecule has 2 aliphatic heterocycles. The molecule has 2 N–H and O–H groups in total. The fraction of sp³-hybridized carbons (Fsp3) is 0.750. The van der Waals surface area contributed by atoms with Crippen LogP contribution in [0.1, 0.15) is 122 Å². The Hall–Kier alpha value is -2.39. The lowest BCUT2D eigenvalue weighted by Gasteiger charge is -2.35. The lowest BCUT2D eigenvalue weighted by atomic mass is 9.82. The van der Waals surface area contributed by atoms with Crippen LogP contribution in [0.15, 0.2) is 18.9 Å². The SMILES string of the molecule is C=CCC.CC.CCC(C)CCCC(NC)c1cn2nc(CC3CCCNC3=O)c(C3COCCC3(C)F)nc2n1. The van der Waals surface area contributed by atoms with Crippen molar-refractivity contribution >= 4 is 11.7 Å². The number of fused-ring (bicyclic) bond motifs is 1. The summed E-state index contributed by atoms with van der Waals surface area (Å²) < 4.78 is 23.0. The maximum Gasteiger partial charge on any atom is 0.251 e. The van der Waals surface area contributed by atoms with Crippen molar-refractivity contribution in [3.05, 3.63) is 35.9 Å². The van der Waals surface area contributed by atoms with Gasteiger partial charge in [-0.05, 0) is 45.6 Å². The van der Waals surface area contributed by atoms with Crippen molar-refractivity contribution in [2.45, 2.75) is 117 Å². The normalized spacial score (nSPS) is 23.9. The molecule has 2 saturated heterocycles.